The van der Waals surface area contributed by atoms with Crippen LogP contribution in [0.25, 0.3) is 0 Å². The van der Waals surface area contributed by atoms with Crippen LogP contribution in [0.4, 0.5) is 13.2 Å². The Morgan fingerprint density at radius 1 is 0.920 bits per heavy atom. The number of benzene rings is 1. The van der Waals surface area contributed by atoms with E-state index in [1.165, 1.54) is 18.2 Å². The minimum Gasteiger partial charge on any atom is -0.204 e. The molecule has 0 saturated heterocycles. The van der Waals surface area contributed by atoms with E-state index in [1.807, 2.05) is 0 Å². The zero-order chi connectivity index (χ0) is 17.8. The van der Waals surface area contributed by atoms with Crippen LogP contribution in [0.5, 0.6) is 0 Å². The summed E-state index contributed by atoms with van der Waals surface area (Å²) in [6.45, 7) is 0. The molecule has 0 heterocycles. The van der Waals surface area contributed by atoms with E-state index >= 15 is 0 Å². The Morgan fingerprint density at radius 3 is 2.08 bits per heavy atom. The van der Waals surface area contributed by atoms with Crippen molar-refractivity contribution in [3.63, 3.8) is 0 Å². The number of hydrogen-bond acceptors (Lipinski definition) is 1. The molecule has 3 rings (SSSR count). The molecule has 0 N–H and O–H groups in total. The number of nitriles is 1. The summed E-state index contributed by atoms with van der Waals surface area (Å²) >= 11 is 0. The van der Waals surface area contributed by atoms with E-state index in [1.54, 1.807) is 12.1 Å². The zero-order valence-electron chi connectivity index (χ0n) is 14.4. The predicted molar refractivity (Wildman–Crippen MR) is 91.3 cm³/mol. The minimum absolute atomic E-state index is 0.203. The van der Waals surface area contributed by atoms with Crippen LogP contribution < -0.4 is 0 Å². The number of rotatable bonds is 3. The van der Waals surface area contributed by atoms with Crippen molar-refractivity contribution in [2.45, 2.75) is 57.3 Å². The third kappa shape index (κ3) is 4.45. The van der Waals surface area contributed by atoms with Crippen molar-refractivity contribution in [3.05, 3.63) is 47.3 Å². The highest BCUT2D eigenvalue weighted by Gasteiger charge is 2.31. The summed E-state index contributed by atoms with van der Waals surface area (Å²) in [5.41, 5.74) is 0.915. The van der Waals surface area contributed by atoms with Crippen LogP contribution in [0.2, 0.25) is 0 Å². The Bertz CT molecular complexity index is 660. The maximum Gasteiger partial charge on any atom is 0.196 e. The summed E-state index contributed by atoms with van der Waals surface area (Å²) in [7, 11) is 0. The van der Waals surface area contributed by atoms with Crippen molar-refractivity contribution in [2.75, 3.05) is 0 Å². The average molecular weight is 347 g/mol. The molecule has 1 aromatic rings. The third-order valence-electron chi connectivity index (χ3n) is 6.16. The molecule has 0 aromatic heterocycles. The average Bonchev–Trinajstić information content (AvgIpc) is 2.65. The van der Waals surface area contributed by atoms with Crippen molar-refractivity contribution < 1.29 is 13.2 Å². The summed E-state index contributed by atoms with van der Waals surface area (Å²) in [5, 5.41) is 8.53. The zero-order valence-corrected chi connectivity index (χ0v) is 14.4. The molecule has 0 unspecified atom stereocenters. The van der Waals surface area contributed by atoms with Gasteiger partial charge in [0, 0.05) is 0 Å². The smallest absolute Gasteiger partial charge is 0.196 e. The van der Waals surface area contributed by atoms with Crippen molar-refractivity contribution >= 4 is 0 Å². The molecule has 2 aliphatic rings. The molecule has 1 aromatic carbocycles. The second-order valence-corrected chi connectivity index (χ2v) is 7.59. The summed E-state index contributed by atoms with van der Waals surface area (Å²) < 4.78 is 39.6. The van der Waals surface area contributed by atoms with Crippen LogP contribution in [0.3, 0.4) is 0 Å². The van der Waals surface area contributed by atoms with E-state index in [0.29, 0.717) is 17.8 Å². The van der Waals surface area contributed by atoms with Crippen LogP contribution in [-0.2, 0) is 0 Å². The van der Waals surface area contributed by atoms with Crippen LogP contribution in [0, 0.1) is 40.7 Å². The van der Waals surface area contributed by atoms with Gasteiger partial charge in [-0.05, 0) is 98.8 Å². The van der Waals surface area contributed by atoms with Gasteiger partial charge in [-0.2, -0.15) is 9.65 Å². The van der Waals surface area contributed by atoms with Gasteiger partial charge in [0.15, 0.2) is 17.5 Å². The lowest BCUT2D eigenvalue weighted by Crippen LogP contribution is -2.25. The largest absolute Gasteiger partial charge is 0.204 e. The topological polar surface area (TPSA) is 23.8 Å². The van der Waals surface area contributed by atoms with Gasteiger partial charge in [0.1, 0.15) is 6.07 Å². The molecule has 0 bridgehead atoms. The van der Waals surface area contributed by atoms with Gasteiger partial charge in [-0.15, -0.1) is 0 Å². The second kappa shape index (κ2) is 8.08. The van der Waals surface area contributed by atoms with Crippen molar-refractivity contribution in [1.82, 2.24) is 0 Å². The molecule has 2 fully saturated rings. The van der Waals surface area contributed by atoms with E-state index in [9.17, 15) is 13.2 Å². The highest BCUT2D eigenvalue weighted by Crippen LogP contribution is 2.44. The second-order valence-electron chi connectivity index (χ2n) is 7.59. The Hall–Kier alpha value is -1.76. The Balaban J connectivity index is 1.50. The van der Waals surface area contributed by atoms with E-state index in [0.717, 1.165) is 56.9 Å². The first-order chi connectivity index (χ1) is 12.1. The molecule has 2 saturated carbocycles. The van der Waals surface area contributed by atoms with Gasteiger partial charge in [0.05, 0.1) is 0 Å². The molecule has 4 heteroatoms. The van der Waals surface area contributed by atoms with Gasteiger partial charge in [-0.25, -0.2) is 8.78 Å². The van der Waals surface area contributed by atoms with E-state index in [2.05, 4.69) is 0 Å². The lowest BCUT2D eigenvalue weighted by atomic mass is 9.68. The number of hydrogen-bond donors (Lipinski definition) is 0. The maximum absolute atomic E-state index is 13.4. The first kappa shape index (κ1) is 18.0. The maximum atomic E-state index is 13.4. The Labute approximate surface area is 147 Å². The highest BCUT2D eigenvalue weighted by molar-refractivity contribution is 5.22. The number of nitrogens with zero attached hydrogens (tertiary/aromatic N) is 1. The highest BCUT2D eigenvalue weighted by atomic mass is 19.2. The third-order valence-corrected chi connectivity index (χ3v) is 6.16. The summed E-state index contributed by atoms with van der Waals surface area (Å²) in [6.07, 6.45) is 9.91. The normalized spacial score (nSPS) is 30.7. The van der Waals surface area contributed by atoms with Crippen LogP contribution >= 0.6 is 0 Å². The fourth-order valence-electron chi connectivity index (χ4n) is 4.72. The molecule has 0 radical (unpaired) electrons. The van der Waals surface area contributed by atoms with Crippen LogP contribution in [0.1, 0.15) is 62.8 Å². The van der Waals surface area contributed by atoms with Gasteiger partial charge in [0.25, 0.3) is 0 Å². The minimum atomic E-state index is -0.781. The molecule has 0 amide bonds. The van der Waals surface area contributed by atoms with Gasteiger partial charge in [-0.1, -0.05) is 6.07 Å². The molecule has 134 valence electrons. The summed E-state index contributed by atoms with van der Waals surface area (Å²) in [4.78, 5) is 0. The standard InChI is InChI=1S/C21H24F3N/c22-19(13-25)11-14-1-3-15(4-2-14)16-5-7-17(8-6-16)18-9-10-20(23)21(24)12-18/h9-12,14-17H,1-8H2/t14-,15-,16-,17-. The summed E-state index contributed by atoms with van der Waals surface area (Å²) in [5.74, 6) is -0.292. The molecule has 25 heavy (non-hydrogen) atoms. The van der Waals surface area contributed by atoms with Crippen molar-refractivity contribution in [2.24, 2.45) is 17.8 Å². The number of halogens is 3. The van der Waals surface area contributed by atoms with E-state index < -0.39 is 17.5 Å². The quantitative estimate of drug-likeness (QED) is 0.579. The van der Waals surface area contributed by atoms with Gasteiger partial charge in [-0.3, -0.25) is 0 Å². The molecule has 0 spiro atoms. The first-order valence-electron chi connectivity index (χ1n) is 9.29. The fourth-order valence-corrected chi connectivity index (χ4v) is 4.72. The molecular weight excluding hydrogens is 323 g/mol. The van der Waals surface area contributed by atoms with E-state index in [-0.39, 0.29) is 5.92 Å². The van der Waals surface area contributed by atoms with Crippen molar-refractivity contribution in [1.29, 1.82) is 5.26 Å². The van der Waals surface area contributed by atoms with Crippen LogP contribution in [-0.4, -0.2) is 0 Å². The fraction of sp³-hybridized carbons (Fsp3) is 0.571. The lowest BCUT2D eigenvalue weighted by molar-refractivity contribution is 0.171. The lowest BCUT2D eigenvalue weighted by Gasteiger charge is -2.37. The molecule has 0 aliphatic heterocycles. The van der Waals surface area contributed by atoms with Crippen molar-refractivity contribution in [3.8, 4) is 6.07 Å². The molecular formula is C21H24F3N. The molecule has 1 nitrogen and oxygen atoms in total. The summed E-state index contributed by atoms with van der Waals surface area (Å²) in [6, 6.07) is 5.85. The van der Waals surface area contributed by atoms with E-state index in [4.69, 9.17) is 5.26 Å². The van der Waals surface area contributed by atoms with Crippen LogP contribution in [0.15, 0.2) is 30.1 Å². The monoisotopic (exact) mass is 347 g/mol. The van der Waals surface area contributed by atoms with Gasteiger partial charge < -0.3 is 0 Å². The molecule has 0 atom stereocenters. The van der Waals surface area contributed by atoms with Gasteiger partial charge in [0.2, 0.25) is 0 Å². The Morgan fingerprint density at radius 2 is 1.52 bits per heavy atom. The Kier molecular flexibility index (Phi) is 5.83. The number of allylic oxidation sites excluding steroid dienone is 2. The predicted octanol–water partition coefficient (Wildman–Crippen LogP) is 6.42. The first-order valence-corrected chi connectivity index (χ1v) is 9.29. The van der Waals surface area contributed by atoms with Gasteiger partial charge >= 0.3 is 0 Å². The SMILES string of the molecule is N#CC(F)=C[C@H]1CC[C@H]([C@H]2CC[C@H](c3ccc(F)c(F)c3)CC2)CC1. The molecule has 2 aliphatic carbocycles.